The largest absolute Gasteiger partial charge is 0.550 e. The van der Waals surface area contributed by atoms with Gasteiger partial charge in [-0.3, -0.25) is 0 Å². The molecule has 1 fully saturated rings. The average molecular weight is 333 g/mol. The summed E-state index contributed by atoms with van der Waals surface area (Å²) in [4.78, 5) is 33.2. The van der Waals surface area contributed by atoms with Crippen LogP contribution in [0, 0.1) is 0 Å². The molecule has 9 heteroatoms. The Labute approximate surface area is 133 Å². The van der Waals surface area contributed by atoms with Gasteiger partial charge >= 0.3 is 12.2 Å². The topological polar surface area (TPSA) is 117 Å². The summed E-state index contributed by atoms with van der Waals surface area (Å²) in [6, 6.07) is -0.554. The minimum absolute atomic E-state index is 0.0241. The number of carboxylic acids is 1. The van der Waals surface area contributed by atoms with Crippen LogP contribution in [0.4, 0.5) is 9.59 Å². The van der Waals surface area contributed by atoms with Crippen LogP contribution in [0.25, 0.3) is 0 Å². The Morgan fingerprint density at radius 3 is 2.36 bits per heavy atom. The van der Waals surface area contributed by atoms with E-state index in [0.717, 1.165) is 6.42 Å². The number of hydrogen-bond acceptors (Lipinski definition) is 7. The van der Waals surface area contributed by atoms with Crippen molar-refractivity contribution in [1.29, 1.82) is 0 Å². The highest BCUT2D eigenvalue weighted by Crippen LogP contribution is 2.31. The average Bonchev–Trinajstić information content (AvgIpc) is 2.85. The van der Waals surface area contributed by atoms with Crippen molar-refractivity contribution in [3.8, 4) is 0 Å². The Morgan fingerprint density at radius 1 is 1.14 bits per heavy atom. The van der Waals surface area contributed by atoms with Gasteiger partial charge in [0.05, 0.1) is 26.3 Å². The van der Waals surface area contributed by atoms with Crippen molar-refractivity contribution in [3.63, 3.8) is 0 Å². The van der Waals surface area contributed by atoms with Crippen LogP contribution < -0.4 is 15.7 Å². The lowest BCUT2D eigenvalue weighted by molar-refractivity contribution is -0.305. The van der Waals surface area contributed by atoms with Crippen molar-refractivity contribution in [2.24, 2.45) is 0 Å². The van der Waals surface area contributed by atoms with Gasteiger partial charge < -0.3 is 30.0 Å². The molecule has 0 radical (unpaired) electrons. The third kappa shape index (κ3) is 6.00. The molecule has 0 aromatic rings. The zero-order valence-electron chi connectivity index (χ0n) is 12.6. The molecule has 0 aromatic carbocycles. The van der Waals surface area contributed by atoms with Crippen molar-refractivity contribution in [2.75, 3.05) is 20.0 Å². The summed E-state index contributed by atoms with van der Waals surface area (Å²) in [5.41, 5.74) is 0. The summed E-state index contributed by atoms with van der Waals surface area (Å²) in [6.45, 7) is 0. The molecule has 8 nitrogen and oxygen atoms in total. The van der Waals surface area contributed by atoms with Crippen molar-refractivity contribution >= 4 is 29.9 Å². The maximum Gasteiger partial charge on any atom is 0.407 e. The SMILES string of the molecule is COC(=O)N[C@@H]1[C@H](NC(=O)OC)CS[C@@H]1CCCCC(=O)[O-]. The van der Waals surface area contributed by atoms with Gasteiger partial charge in [-0.05, 0) is 19.3 Å². The lowest BCUT2D eigenvalue weighted by Crippen LogP contribution is -2.53. The fourth-order valence-corrected chi connectivity index (χ4v) is 3.85. The Hall–Kier alpha value is -1.64. The normalized spacial score (nSPS) is 23.6. The summed E-state index contributed by atoms with van der Waals surface area (Å²) < 4.78 is 9.18. The number of carbonyl (C=O) groups is 3. The zero-order valence-corrected chi connectivity index (χ0v) is 13.4. The van der Waals surface area contributed by atoms with E-state index in [1.54, 1.807) is 11.8 Å². The lowest BCUT2D eigenvalue weighted by atomic mass is 10.0. The van der Waals surface area contributed by atoms with E-state index in [1.165, 1.54) is 14.2 Å². The Morgan fingerprint density at radius 2 is 1.77 bits per heavy atom. The molecule has 1 aliphatic heterocycles. The number of amides is 2. The molecular formula is C13H21N2O6S-. The molecule has 2 N–H and O–H groups in total. The van der Waals surface area contributed by atoms with Crippen LogP contribution in [-0.4, -0.2) is 55.5 Å². The van der Waals surface area contributed by atoms with Crippen LogP contribution in [-0.2, 0) is 14.3 Å². The number of unbranched alkanes of at least 4 members (excludes halogenated alkanes) is 1. The van der Waals surface area contributed by atoms with Crippen LogP contribution in [0.15, 0.2) is 0 Å². The van der Waals surface area contributed by atoms with Gasteiger partial charge in [0.1, 0.15) is 0 Å². The standard InChI is InChI=1S/C13H22N2O6S/c1-20-12(18)14-8-7-22-9(5-3-4-6-10(16)17)11(8)15-13(19)21-2/h8-9,11H,3-7H2,1-2H3,(H,14,18)(H,15,19)(H,16,17)/p-1/t8-,9-,11-/m1/s1. The highest BCUT2D eigenvalue weighted by Gasteiger charge is 2.38. The first kappa shape index (κ1) is 18.4. The van der Waals surface area contributed by atoms with Gasteiger partial charge in [-0.2, -0.15) is 11.8 Å². The number of methoxy groups -OCH3 is 2. The van der Waals surface area contributed by atoms with Gasteiger partial charge in [0.15, 0.2) is 0 Å². The molecule has 3 atom stereocenters. The van der Waals surface area contributed by atoms with E-state index < -0.39 is 18.2 Å². The maximum absolute atomic E-state index is 11.5. The molecule has 0 aliphatic carbocycles. The number of thioether (sulfide) groups is 1. The highest BCUT2D eigenvalue weighted by atomic mass is 32.2. The first-order valence-corrected chi connectivity index (χ1v) is 8.03. The Bertz CT molecular complexity index is 406. The van der Waals surface area contributed by atoms with E-state index in [-0.39, 0.29) is 23.8 Å². The summed E-state index contributed by atoms with van der Waals surface area (Å²) in [7, 11) is 2.55. The second-order valence-electron chi connectivity index (χ2n) is 4.89. The molecule has 0 aromatic heterocycles. The minimum Gasteiger partial charge on any atom is -0.550 e. The number of alkyl carbamates (subject to hydrolysis) is 2. The molecule has 126 valence electrons. The van der Waals surface area contributed by atoms with E-state index in [1.807, 2.05) is 0 Å². The van der Waals surface area contributed by atoms with Crippen LogP contribution in [0.3, 0.4) is 0 Å². The third-order valence-electron chi connectivity index (χ3n) is 3.40. The van der Waals surface area contributed by atoms with Crippen LogP contribution >= 0.6 is 11.8 Å². The van der Waals surface area contributed by atoms with E-state index in [2.05, 4.69) is 20.1 Å². The molecule has 0 spiro atoms. The summed E-state index contributed by atoms with van der Waals surface area (Å²) in [6.07, 6.45) is 0.862. The quantitative estimate of drug-likeness (QED) is 0.623. The first-order valence-electron chi connectivity index (χ1n) is 6.98. The first-order chi connectivity index (χ1) is 10.5. The van der Waals surface area contributed by atoms with Crippen molar-refractivity contribution in [2.45, 2.75) is 43.0 Å². The fourth-order valence-electron chi connectivity index (χ4n) is 2.30. The van der Waals surface area contributed by atoms with Gasteiger partial charge in [0, 0.05) is 17.0 Å². The fraction of sp³-hybridized carbons (Fsp3) is 0.769. The number of carboxylic acid groups (broad SMARTS) is 1. The van der Waals surface area contributed by atoms with Gasteiger partial charge in [-0.15, -0.1) is 0 Å². The Kier molecular flexibility index (Phi) is 7.86. The molecule has 1 aliphatic rings. The number of ether oxygens (including phenoxy) is 2. The summed E-state index contributed by atoms with van der Waals surface area (Å²) in [5, 5.41) is 15.9. The second-order valence-corrected chi connectivity index (χ2v) is 6.17. The van der Waals surface area contributed by atoms with Gasteiger partial charge in [-0.1, -0.05) is 6.42 Å². The van der Waals surface area contributed by atoms with E-state index in [0.29, 0.717) is 18.6 Å². The zero-order chi connectivity index (χ0) is 16.5. The maximum atomic E-state index is 11.5. The number of rotatable bonds is 7. The highest BCUT2D eigenvalue weighted by molar-refractivity contribution is 8.00. The van der Waals surface area contributed by atoms with Crippen molar-refractivity contribution < 1.29 is 29.0 Å². The monoisotopic (exact) mass is 333 g/mol. The number of hydrogen-bond donors (Lipinski definition) is 2. The van der Waals surface area contributed by atoms with Crippen LogP contribution in [0.5, 0.6) is 0 Å². The van der Waals surface area contributed by atoms with E-state index in [4.69, 9.17) is 0 Å². The number of nitrogens with one attached hydrogen (secondary N) is 2. The van der Waals surface area contributed by atoms with Crippen molar-refractivity contribution in [3.05, 3.63) is 0 Å². The molecular weight excluding hydrogens is 312 g/mol. The predicted molar refractivity (Wildman–Crippen MR) is 78.4 cm³/mol. The van der Waals surface area contributed by atoms with E-state index in [9.17, 15) is 19.5 Å². The molecule has 1 heterocycles. The second kappa shape index (κ2) is 9.39. The van der Waals surface area contributed by atoms with Gasteiger partial charge in [0.25, 0.3) is 0 Å². The van der Waals surface area contributed by atoms with Crippen molar-refractivity contribution in [1.82, 2.24) is 10.6 Å². The molecule has 1 saturated heterocycles. The molecule has 0 bridgehead atoms. The minimum atomic E-state index is -1.06. The lowest BCUT2D eigenvalue weighted by Gasteiger charge is -2.25. The summed E-state index contributed by atoms with van der Waals surface area (Å²) >= 11 is 1.62. The van der Waals surface area contributed by atoms with E-state index >= 15 is 0 Å². The molecule has 22 heavy (non-hydrogen) atoms. The number of aliphatic carboxylic acids is 1. The number of carbonyl (C=O) groups excluding carboxylic acids is 3. The molecule has 0 saturated carbocycles. The third-order valence-corrected chi connectivity index (χ3v) is 4.91. The smallest absolute Gasteiger partial charge is 0.407 e. The van der Waals surface area contributed by atoms with Gasteiger partial charge in [-0.25, -0.2) is 9.59 Å². The molecule has 1 rings (SSSR count). The Balaban J connectivity index is 2.55. The predicted octanol–water partition coefficient (Wildman–Crippen LogP) is -0.139. The van der Waals surface area contributed by atoms with Crippen LogP contribution in [0.2, 0.25) is 0 Å². The van der Waals surface area contributed by atoms with Gasteiger partial charge in [0.2, 0.25) is 0 Å². The molecule has 0 unspecified atom stereocenters. The summed E-state index contributed by atoms with van der Waals surface area (Å²) in [5.74, 6) is -0.428. The van der Waals surface area contributed by atoms with Crippen LogP contribution in [0.1, 0.15) is 25.7 Å². The molecule has 2 amide bonds.